The Hall–Kier alpha value is -2.10. The van der Waals surface area contributed by atoms with Crippen molar-refractivity contribution in [2.45, 2.75) is 13.8 Å². The molecule has 3 N–H and O–H groups in total. The number of aryl methyl sites for hydroxylation is 2. The third kappa shape index (κ3) is 2.01. The van der Waals surface area contributed by atoms with Gasteiger partial charge in [-0.1, -0.05) is 0 Å². The molecule has 0 saturated carbocycles. The number of nitrogens with zero attached hydrogens (tertiary/aromatic N) is 2. The molecule has 0 atom stereocenters. The van der Waals surface area contributed by atoms with Crippen LogP contribution >= 0.6 is 0 Å². The number of rotatable bonds is 2. The molecule has 0 spiro atoms. The van der Waals surface area contributed by atoms with E-state index in [0.29, 0.717) is 5.56 Å². The van der Waals surface area contributed by atoms with Crippen molar-refractivity contribution in [2.75, 3.05) is 19.0 Å². The Morgan fingerprint density at radius 3 is 2.44 bits per heavy atom. The fraction of sp³-hybridized carbons (Fsp3) is 0.286. The average molecular weight is 242 g/mol. The molecule has 0 aliphatic heterocycles. The van der Waals surface area contributed by atoms with Crippen LogP contribution in [-0.4, -0.2) is 24.9 Å². The van der Waals surface area contributed by atoms with Gasteiger partial charge in [0, 0.05) is 36.4 Å². The highest BCUT2D eigenvalue weighted by Gasteiger charge is 2.12. The van der Waals surface area contributed by atoms with Crippen molar-refractivity contribution in [1.29, 1.82) is 5.41 Å². The molecule has 0 fully saturated rings. The lowest BCUT2D eigenvalue weighted by Gasteiger charge is -2.18. The van der Waals surface area contributed by atoms with Gasteiger partial charge in [0.1, 0.15) is 5.84 Å². The van der Waals surface area contributed by atoms with Crippen LogP contribution in [0.3, 0.4) is 0 Å². The van der Waals surface area contributed by atoms with Crippen LogP contribution in [0.4, 0.5) is 5.69 Å². The van der Waals surface area contributed by atoms with Gasteiger partial charge in [-0.15, -0.1) is 0 Å². The molecule has 0 aliphatic rings. The molecule has 0 radical (unpaired) electrons. The quantitative estimate of drug-likeness (QED) is 0.626. The fourth-order valence-electron chi connectivity index (χ4n) is 2.15. The topological polar surface area (TPSA) is 66.0 Å². The maximum Gasteiger partial charge on any atom is 0.125 e. The summed E-state index contributed by atoms with van der Waals surface area (Å²) in [4.78, 5) is 6.59. The van der Waals surface area contributed by atoms with Crippen molar-refractivity contribution < 1.29 is 0 Å². The number of hydrogen-bond acceptors (Lipinski definition) is 3. The van der Waals surface area contributed by atoms with Crippen LogP contribution in [0.5, 0.6) is 0 Å². The third-order valence-electron chi connectivity index (χ3n) is 2.94. The zero-order valence-corrected chi connectivity index (χ0v) is 11.2. The van der Waals surface area contributed by atoms with Crippen molar-refractivity contribution in [3.63, 3.8) is 0 Å². The van der Waals surface area contributed by atoms with E-state index >= 15 is 0 Å². The van der Waals surface area contributed by atoms with Crippen LogP contribution in [0.2, 0.25) is 0 Å². The Balaban J connectivity index is 2.94. The van der Waals surface area contributed by atoms with Crippen molar-refractivity contribution in [3.8, 4) is 0 Å². The Bertz CT molecular complexity index is 629. The molecule has 1 aromatic carbocycles. The summed E-state index contributed by atoms with van der Waals surface area (Å²) in [5.41, 5.74) is 10.3. The molecule has 4 nitrogen and oxygen atoms in total. The molecule has 0 unspecified atom stereocenters. The first-order chi connectivity index (χ1) is 8.40. The largest absolute Gasteiger partial charge is 0.384 e. The van der Waals surface area contributed by atoms with Gasteiger partial charge in [0.05, 0.1) is 5.52 Å². The van der Waals surface area contributed by atoms with Crippen LogP contribution in [0, 0.1) is 19.3 Å². The monoisotopic (exact) mass is 242 g/mol. The summed E-state index contributed by atoms with van der Waals surface area (Å²) < 4.78 is 0. The Morgan fingerprint density at radius 2 is 1.89 bits per heavy atom. The molecular weight excluding hydrogens is 224 g/mol. The van der Waals surface area contributed by atoms with E-state index < -0.39 is 0 Å². The van der Waals surface area contributed by atoms with Crippen molar-refractivity contribution >= 4 is 22.4 Å². The first-order valence-corrected chi connectivity index (χ1v) is 5.84. The second-order valence-electron chi connectivity index (χ2n) is 4.80. The SMILES string of the molecule is Cc1cc(C(=N)N)c2nc(C)cc(N(C)C)c2c1. The number of hydrogen-bond donors (Lipinski definition) is 2. The fourth-order valence-corrected chi connectivity index (χ4v) is 2.15. The summed E-state index contributed by atoms with van der Waals surface area (Å²) >= 11 is 0. The minimum Gasteiger partial charge on any atom is -0.384 e. The average Bonchev–Trinajstić information content (AvgIpc) is 2.27. The summed E-state index contributed by atoms with van der Waals surface area (Å²) in [6, 6.07) is 6.05. The van der Waals surface area contributed by atoms with Gasteiger partial charge < -0.3 is 10.6 Å². The smallest absolute Gasteiger partial charge is 0.125 e. The summed E-state index contributed by atoms with van der Waals surface area (Å²) in [6.45, 7) is 3.96. The number of nitrogens with two attached hydrogens (primary N) is 1. The molecule has 4 heteroatoms. The predicted octanol–water partition coefficient (Wildman–Crippen LogP) is 2.20. The van der Waals surface area contributed by atoms with Gasteiger partial charge in [-0.25, -0.2) is 0 Å². The molecule has 0 saturated heterocycles. The second-order valence-corrected chi connectivity index (χ2v) is 4.80. The molecule has 1 aromatic heterocycles. The van der Waals surface area contributed by atoms with E-state index in [-0.39, 0.29) is 5.84 Å². The number of nitrogen functional groups attached to an aromatic ring is 1. The molecular formula is C14H18N4. The number of aromatic nitrogens is 1. The highest BCUT2D eigenvalue weighted by molar-refractivity contribution is 6.09. The maximum absolute atomic E-state index is 7.69. The van der Waals surface area contributed by atoms with Gasteiger partial charge in [-0.05, 0) is 37.6 Å². The lowest BCUT2D eigenvalue weighted by atomic mass is 10.0. The third-order valence-corrected chi connectivity index (χ3v) is 2.94. The van der Waals surface area contributed by atoms with E-state index in [9.17, 15) is 0 Å². The van der Waals surface area contributed by atoms with Gasteiger partial charge in [0.15, 0.2) is 0 Å². The van der Waals surface area contributed by atoms with E-state index in [0.717, 1.165) is 27.8 Å². The van der Waals surface area contributed by atoms with E-state index in [4.69, 9.17) is 11.1 Å². The van der Waals surface area contributed by atoms with Crippen LogP contribution in [-0.2, 0) is 0 Å². The first-order valence-electron chi connectivity index (χ1n) is 5.84. The number of amidine groups is 1. The number of fused-ring (bicyclic) bond motifs is 1. The summed E-state index contributed by atoms with van der Waals surface area (Å²) in [5.74, 6) is 0.0616. The molecule has 94 valence electrons. The summed E-state index contributed by atoms with van der Waals surface area (Å²) in [5, 5.41) is 8.72. The van der Waals surface area contributed by atoms with Gasteiger partial charge in [-0.2, -0.15) is 0 Å². The lowest BCUT2D eigenvalue weighted by molar-refractivity contribution is 1.12. The zero-order valence-electron chi connectivity index (χ0n) is 11.2. The predicted molar refractivity (Wildman–Crippen MR) is 76.6 cm³/mol. The molecule has 0 aliphatic carbocycles. The van der Waals surface area contributed by atoms with Crippen LogP contribution in [0.25, 0.3) is 10.9 Å². The molecule has 18 heavy (non-hydrogen) atoms. The normalized spacial score (nSPS) is 10.7. The highest BCUT2D eigenvalue weighted by Crippen LogP contribution is 2.28. The zero-order chi connectivity index (χ0) is 13.4. The van der Waals surface area contributed by atoms with E-state index in [1.807, 2.05) is 40.1 Å². The number of pyridine rings is 1. The van der Waals surface area contributed by atoms with E-state index in [1.165, 1.54) is 0 Å². The molecule has 2 rings (SSSR count). The van der Waals surface area contributed by atoms with Crippen molar-refractivity contribution in [1.82, 2.24) is 4.98 Å². The molecule has 1 heterocycles. The number of benzene rings is 1. The van der Waals surface area contributed by atoms with E-state index in [1.54, 1.807) is 0 Å². The molecule has 0 bridgehead atoms. The molecule has 0 amide bonds. The van der Waals surface area contributed by atoms with Crippen molar-refractivity contribution in [2.24, 2.45) is 5.73 Å². The number of nitrogens with one attached hydrogen (secondary N) is 1. The van der Waals surface area contributed by atoms with Crippen LogP contribution in [0.15, 0.2) is 18.2 Å². The number of anilines is 1. The minimum absolute atomic E-state index is 0.0616. The molecule has 2 aromatic rings. The van der Waals surface area contributed by atoms with Crippen molar-refractivity contribution in [3.05, 3.63) is 35.0 Å². The lowest BCUT2D eigenvalue weighted by Crippen LogP contribution is -2.14. The Labute approximate surface area is 107 Å². The second kappa shape index (κ2) is 4.29. The highest BCUT2D eigenvalue weighted by atomic mass is 15.1. The Morgan fingerprint density at radius 1 is 1.22 bits per heavy atom. The summed E-state index contributed by atoms with van der Waals surface area (Å²) in [7, 11) is 4.01. The first kappa shape index (κ1) is 12.4. The Kier molecular flexibility index (Phi) is 2.95. The van der Waals surface area contributed by atoms with Gasteiger partial charge in [0.2, 0.25) is 0 Å². The van der Waals surface area contributed by atoms with Crippen LogP contribution < -0.4 is 10.6 Å². The van der Waals surface area contributed by atoms with Crippen LogP contribution in [0.1, 0.15) is 16.8 Å². The summed E-state index contributed by atoms with van der Waals surface area (Å²) in [6.07, 6.45) is 0. The van der Waals surface area contributed by atoms with E-state index in [2.05, 4.69) is 16.0 Å². The van der Waals surface area contributed by atoms with Gasteiger partial charge >= 0.3 is 0 Å². The standard InChI is InChI=1S/C14H18N4/c1-8-5-10-12(18(3)4)7-9(2)17-13(10)11(6-8)14(15)16/h5-7H,1-4H3,(H3,15,16). The van der Waals surface area contributed by atoms with Gasteiger partial charge in [-0.3, -0.25) is 10.4 Å². The van der Waals surface area contributed by atoms with Gasteiger partial charge in [0.25, 0.3) is 0 Å². The minimum atomic E-state index is 0.0616. The maximum atomic E-state index is 7.69.